The highest BCUT2D eigenvalue weighted by atomic mass is 16.2. The van der Waals surface area contributed by atoms with Gasteiger partial charge in [0.1, 0.15) is 0 Å². The Hall–Kier alpha value is -2.04. The van der Waals surface area contributed by atoms with E-state index in [1.807, 2.05) is 17.0 Å². The Bertz CT molecular complexity index is 551. The molecule has 5 nitrogen and oxygen atoms in total. The first-order chi connectivity index (χ1) is 11.6. The molecule has 132 valence electrons. The van der Waals surface area contributed by atoms with Gasteiger partial charge in [-0.25, -0.2) is 4.99 Å². The molecular weight excluding hydrogens is 300 g/mol. The van der Waals surface area contributed by atoms with Gasteiger partial charge in [-0.05, 0) is 43.4 Å². The fourth-order valence-corrected chi connectivity index (χ4v) is 2.69. The van der Waals surface area contributed by atoms with Gasteiger partial charge in [-0.3, -0.25) is 4.79 Å². The van der Waals surface area contributed by atoms with Crippen molar-refractivity contribution in [3.8, 4) is 0 Å². The van der Waals surface area contributed by atoms with Crippen LogP contribution in [0, 0.1) is 5.92 Å². The molecule has 0 saturated carbocycles. The van der Waals surface area contributed by atoms with E-state index < -0.39 is 0 Å². The number of guanidine groups is 1. The standard InChI is InChI=1S/C19H30N4O/c1-4-20-19(21-12-11-15(2)3)22-14-16-7-9-17(10-8-16)23-13-5-6-18(23)24/h7-10,15H,4-6,11-14H2,1-3H3,(H2,20,21,22). The number of carbonyl (C=O) groups is 1. The average Bonchev–Trinajstić information content (AvgIpc) is 2.99. The van der Waals surface area contributed by atoms with Crippen molar-refractivity contribution in [3.63, 3.8) is 0 Å². The van der Waals surface area contributed by atoms with E-state index >= 15 is 0 Å². The number of anilines is 1. The second-order valence-electron chi connectivity index (χ2n) is 6.62. The van der Waals surface area contributed by atoms with E-state index in [9.17, 15) is 4.79 Å². The predicted molar refractivity (Wildman–Crippen MR) is 100 cm³/mol. The minimum absolute atomic E-state index is 0.226. The molecular formula is C19H30N4O. The van der Waals surface area contributed by atoms with E-state index in [-0.39, 0.29) is 5.91 Å². The smallest absolute Gasteiger partial charge is 0.227 e. The van der Waals surface area contributed by atoms with Crippen LogP contribution in [-0.4, -0.2) is 31.5 Å². The van der Waals surface area contributed by atoms with Crippen LogP contribution >= 0.6 is 0 Å². The van der Waals surface area contributed by atoms with E-state index in [1.54, 1.807) is 0 Å². The molecule has 1 aromatic carbocycles. The summed E-state index contributed by atoms with van der Waals surface area (Å²) in [5, 5.41) is 6.64. The van der Waals surface area contributed by atoms with Gasteiger partial charge in [0.2, 0.25) is 5.91 Å². The maximum Gasteiger partial charge on any atom is 0.227 e. The van der Waals surface area contributed by atoms with Crippen LogP contribution in [0.3, 0.4) is 0 Å². The lowest BCUT2D eigenvalue weighted by Gasteiger charge is -2.16. The first kappa shape index (κ1) is 18.3. The maximum atomic E-state index is 11.8. The van der Waals surface area contributed by atoms with Gasteiger partial charge in [0.25, 0.3) is 0 Å². The first-order valence-electron chi connectivity index (χ1n) is 9.01. The molecule has 24 heavy (non-hydrogen) atoms. The summed E-state index contributed by atoms with van der Waals surface area (Å²) in [4.78, 5) is 18.3. The van der Waals surface area contributed by atoms with Gasteiger partial charge >= 0.3 is 0 Å². The SMILES string of the molecule is CCNC(=NCc1ccc(N2CCCC2=O)cc1)NCCC(C)C. The van der Waals surface area contributed by atoms with Crippen molar-refractivity contribution in [1.29, 1.82) is 0 Å². The lowest BCUT2D eigenvalue weighted by Crippen LogP contribution is -2.38. The van der Waals surface area contributed by atoms with Gasteiger partial charge in [0, 0.05) is 31.7 Å². The number of nitrogens with zero attached hydrogens (tertiary/aromatic N) is 2. The summed E-state index contributed by atoms with van der Waals surface area (Å²) in [7, 11) is 0. The molecule has 0 spiro atoms. The summed E-state index contributed by atoms with van der Waals surface area (Å²) in [6, 6.07) is 8.16. The van der Waals surface area contributed by atoms with Crippen molar-refractivity contribution >= 4 is 17.6 Å². The van der Waals surface area contributed by atoms with Gasteiger partial charge in [0.05, 0.1) is 6.54 Å². The number of aliphatic imine (C=N–C) groups is 1. The van der Waals surface area contributed by atoms with Crippen LogP contribution in [0.4, 0.5) is 5.69 Å². The van der Waals surface area contributed by atoms with Crippen molar-refractivity contribution in [2.24, 2.45) is 10.9 Å². The number of hydrogen-bond donors (Lipinski definition) is 2. The van der Waals surface area contributed by atoms with Crippen molar-refractivity contribution in [2.45, 2.75) is 46.6 Å². The average molecular weight is 330 g/mol. The third-order valence-corrected chi connectivity index (χ3v) is 4.10. The Balaban J connectivity index is 1.91. The lowest BCUT2D eigenvalue weighted by atomic mass is 10.1. The van der Waals surface area contributed by atoms with Crippen LogP contribution in [0.1, 0.15) is 45.6 Å². The monoisotopic (exact) mass is 330 g/mol. The second kappa shape index (κ2) is 9.30. The van der Waals surface area contributed by atoms with Gasteiger partial charge in [0.15, 0.2) is 5.96 Å². The zero-order valence-corrected chi connectivity index (χ0v) is 15.1. The van der Waals surface area contributed by atoms with Crippen LogP contribution in [-0.2, 0) is 11.3 Å². The Kier molecular flexibility index (Phi) is 7.09. The Labute approximate surface area is 145 Å². The number of rotatable bonds is 7. The van der Waals surface area contributed by atoms with Crippen molar-refractivity contribution < 1.29 is 4.79 Å². The molecule has 2 N–H and O–H groups in total. The number of benzene rings is 1. The van der Waals surface area contributed by atoms with Crippen LogP contribution in [0.2, 0.25) is 0 Å². The van der Waals surface area contributed by atoms with E-state index in [0.717, 1.165) is 49.7 Å². The van der Waals surface area contributed by atoms with Crippen molar-refractivity contribution in [2.75, 3.05) is 24.5 Å². The van der Waals surface area contributed by atoms with E-state index in [4.69, 9.17) is 0 Å². The van der Waals surface area contributed by atoms with Gasteiger partial charge < -0.3 is 15.5 Å². The minimum atomic E-state index is 0.226. The molecule has 2 rings (SSSR count). The molecule has 0 unspecified atom stereocenters. The van der Waals surface area contributed by atoms with Crippen LogP contribution in [0.15, 0.2) is 29.3 Å². The van der Waals surface area contributed by atoms with Crippen molar-refractivity contribution in [3.05, 3.63) is 29.8 Å². The minimum Gasteiger partial charge on any atom is -0.357 e. The molecule has 0 aliphatic carbocycles. The van der Waals surface area contributed by atoms with Gasteiger partial charge in [-0.1, -0.05) is 26.0 Å². The summed E-state index contributed by atoms with van der Waals surface area (Å²) in [5.41, 5.74) is 2.14. The number of hydrogen-bond acceptors (Lipinski definition) is 2. The van der Waals surface area contributed by atoms with Gasteiger partial charge in [-0.2, -0.15) is 0 Å². The topological polar surface area (TPSA) is 56.7 Å². The predicted octanol–water partition coefficient (Wildman–Crippen LogP) is 2.91. The molecule has 1 fully saturated rings. The first-order valence-corrected chi connectivity index (χ1v) is 9.01. The Morgan fingerprint density at radius 3 is 2.58 bits per heavy atom. The Morgan fingerprint density at radius 1 is 1.25 bits per heavy atom. The zero-order chi connectivity index (χ0) is 17.4. The Morgan fingerprint density at radius 2 is 2.00 bits per heavy atom. The molecule has 1 aromatic rings. The highest BCUT2D eigenvalue weighted by molar-refractivity contribution is 5.95. The molecule has 0 radical (unpaired) electrons. The number of nitrogens with one attached hydrogen (secondary N) is 2. The molecule has 0 aromatic heterocycles. The molecule has 1 heterocycles. The molecule has 0 atom stereocenters. The summed E-state index contributed by atoms with van der Waals surface area (Å²) in [6.45, 7) is 9.76. The van der Waals surface area contributed by atoms with Crippen LogP contribution < -0.4 is 15.5 Å². The summed E-state index contributed by atoms with van der Waals surface area (Å²) < 4.78 is 0. The quantitative estimate of drug-likeness (QED) is 0.597. The van der Waals surface area contributed by atoms with E-state index in [2.05, 4.69) is 48.5 Å². The maximum absolute atomic E-state index is 11.8. The summed E-state index contributed by atoms with van der Waals surface area (Å²) >= 11 is 0. The van der Waals surface area contributed by atoms with Crippen LogP contribution in [0.5, 0.6) is 0 Å². The summed E-state index contributed by atoms with van der Waals surface area (Å²) in [5.74, 6) is 1.77. The highest BCUT2D eigenvalue weighted by Crippen LogP contribution is 2.21. The molecule has 1 saturated heterocycles. The molecule has 5 heteroatoms. The number of carbonyl (C=O) groups excluding carboxylic acids is 1. The molecule has 1 aliphatic rings. The van der Waals surface area contributed by atoms with E-state index in [0.29, 0.717) is 18.9 Å². The fourth-order valence-electron chi connectivity index (χ4n) is 2.69. The second-order valence-corrected chi connectivity index (χ2v) is 6.62. The molecule has 1 aliphatic heterocycles. The fraction of sp³-hybridized carbons (Fsp3) is 0.579. The van der Waals surface area contributed by atoms with Crippen molar-refractivity contribution in [1.82, 2.24) is 10.6 Å². The molecule has 1 amide bonds. The van der Waals surface area contributed by atoms with Gasteiger partial charge in [-0.15, -0.1) is 0 Å². The number of amides is 1. The van der Waals surface area contributed by atoms with Crippen LogP contribution in [0.25, 0.3) is 0 Å². The summed E-state index contributed by atoms with van der Waals surface area (Å²) in [6.07, 6.45) is 2.75. The third-order valence-electron chi connectivity index (χ3n) is 4.10. The highest BCUT2D eigenvalue weighted by Gasteiger charge is 2.21. The lowest BCUT2D eigenvalue weighted by molar-refractivity contribution is -0.117. The normalized spacial score (nSPS) is 15.2. The zero-order valence-electron chi connectivity index (χ0n) is 15.1. The molecule has 0 bridgehead atoms. The third kappa shape index (κ3) is 5.55. The van der Waals surface area contributed by atoms with E-state index in [1.165, 1.54) is 0 Å². The largest absolute Gasteiger partial charge is 0.357 e.